The summed E-state index contributed by atoms with van der Waals surface area (Å²) in [7, 11) is 2.03. The lowest BCUT2D eigenvalue weighted by Gasteiger charge is -2.35. The van der Waals surface area contributed by atoms with Gasteiger partial charge in [0.05, 0.1) is 6.54 Å². The van der Waals surface area contributed by atoms with E-state index in [0.717, 1.165) is 25.6 Å². The topological polar surface area (TPSA) is 18.5 Å². The van der Waals surface area contributed by atoms with E-state index in [-0.39, 0.29) is 0 Å². The Morgan fingerprint density at radius 1 is 1.05 bits per heavy atom. The molecule has 2 unspecified atom stereocenters. The molecule has 2 fully saturated rings. The minimum Gasteiger partial charge on any atom is -0.317 e. The number of hydrogen-bond acceptors (Lipinski definition) is 3. The standard InChI is InChI=1S/C14H26F3N3/c1-18-13-4-2-3-12(13)5-6-19-7-9-20(10-8-19)11-14(15,16)17/h12-13,18H,2-11H2,1H3. The predicted molar refractivity (Wildman–Crippen MR) is 73.7 cm³/mol. The summed E-state index contributed by atoms with van der Waals surface area (Å²) in [5.74, 6) is 0.744. The van der Waals surface area contributed by atoms with Crippen molar-refractivity contribution < 1.29 is 13.2 Å². The summed E-state index contributed by atoms with van der Waals surface area (Å²) < 4.78 is 36.9. The number of nitrogens with zero attached hydrogens (tertiary/aromatic N) is 2. The van der Waals surface area contributed by atoms with E-state index >= 15 is 0 Å². The van der Waals surface area contributed by atoms with Crippen LogP contribution >= 0.6 is 0 Å². The first-order chi connectivity index (χ1) is 9.48. The van der Waals surface area contributed by atoms with Crippen molar-refractivity contribution in [2.75, 3.05) is 46.3 Å². The van der Waals surface area contributed by atoms with Crippen LogP contribution in [0.5, 0.6) is 0 Å². The van der Waals surface area contributed by atoms with Crippen molar-refractivity contribution in [3.63, 3.8) is 0 Å². The summed E-state index contributed by atoms with van der Waals surface area (Å²) in [6.07, 6.45) is 0.965. The van der Waals surface area contributed by atoms with Gasteiger partial charge in [-0.2, -0.15) is 13.2 Å². The Bertz CT molecular complexity index is 288. The Kier molecular flexibility index (Phi) is 5.69. The highest BCUT2D eigenvalue weighted by Crippen LogP contribution is 2.28. The average molecular weight is 293 g/mol. The zero-order chi connectivity index (χ0) is 14.6. The lowest BCUT2D eigenvalue weighted by molar-refractivity contribution is -0.149. The molecular formula is C14H26F3N3. The van der Waals surface area contributed by atoms with Crippen LogP contribution in [0.1, 0.15) is 25.7 Å². The molecule has 0 aromatic carbocycles. The molecule has 2 atom stereocenters. The van der Waals surface area contributed by atoms with E-state index in [1.807, 2.05) is 7.05 Å². The van der Waals surface area contributed by atoms with Gasteiger partial charge in [0.15, 0.2) is 0 Å². The maximum atomic E-state index is 12.3. The molecule has 118 valence electrons. The third-order valence-electron chi connectivity index (χ3n) is 4.71. The molecule has 20 heavy (non-hydrogen) atoms. The quantitative estimate of drug-likeness (QED) is 0.836. The van der Waals surface area contributed by atoms with E-state index in [9.17, 15) is 13.2 Å². The second-order valence-corrected chi connectivity index (χ2v) is 6.11. The van der Waals surface area contributed by atoms with Crippen LogP contribution in [-0.4, -0.2) is 68.3 Å². The third-order valence-corrected chi connectivity index (χ3v) is 4.71. The second kappa shape index (κ2) is 7.09. The fourth-order valence-electron chi connectivity index (χ4n) is 3.54. The fourth-order valence-corrected chi connectivity index (χ4v) is 3.54. The van der Waals surface area contributed by atoms with Crippen molar-refractivity contribution in [2.24, 2.45) is 5.92 Å². The van der Waals surface area contributed by atoms with Gasteiger partial charge in [0.2, 0.25) is 0 Å². The van der Waals surface area contributed by atoms with E-state index < -0.39 is 12.7 Å². The van der Waals surface area contributed by atoms with Gasteiger partial charge < -0.3 is 10.2 Å². The molecule has 1 saturated heterocycles. The van der Waals surface area contributed by atoms with Crippen molar-refractivity contribution >= 4 is 0 Å². The number of alkyl halides is 3. The molecule has 0 amide bonds. The zero-order valence-electron chi connectivity index (χ0n) is 12.3. The molecule has 2 aliphatic rings. The van der Waals surface area contributed by atoms with Crippen LogP contribution in [-0.2, 0) is 0 Å². The van der Waals surface area contributed by atoms with Gasteiger partial charge in [0.1, 0.15) is 0 Å². The minimum absolute atomic E-state index is 0.541. The van der Waals surface area contributed by atoms with Gasteiger partial charge in [-0.25, -0.2) is 0 Å². The van der Waals surface area contributed by atoms with Gasteiger partial charge in [-0.15, -0.1) is 0 Å². The maximum Gasteiger partial charge on any atom is 0.401 e. The number of halogens is 3. The highest BCUT2D eigenvalue weighted by Gasteiger charge is 2.32. The largest absolute Gasteiger partial charge is 0.401 e. The highest BCUT2D eigenvalue weighted by molar-refractivity contribution is 4.83. The Balaban J connectivity index is 1.64. The fraction of sp³-hybridized carbons (Fsp3) is 1.00. The Morgan fingerprint density at radius 3 is 2.30 bits per heavy atom. The molecule has 1 saturated carbocycles. The van der Waals surface area contributed by atoms with E-state index in [1.165, 1.54) is 30.6 Å². The Labute approximate surface area is 119 Å². The zero-order valence-corrected chi connectivity index (χ0v) is 12.3. The van der Waals surface area contributed by atoms with E-state index in [0.29, 0.717) is 19.1 Å². The Hall–Kier alpha value is -0.330. The first-order valence-electron chi connectivity index (χ1n) is 7.66. The highest BCUT2D eigenvalue weighted by atomic mass is 19.4. The van der Waals surface area contributed by atoms with Crippen LogP contribution in [0, 0.1) is 5.92 Å². The molecule has 1 aliphatic carbocycles. The molecule has 0 spiro atoms. The second-order valence-electron chi connectivity index (χ2n) is 6.11. The van der Waals surface area contributed by atoms with Crippen molar-refractivity contribution in [3.8, 4) is 0 Å². The molecule has 0 bridgehead atoms. The molecule has 1 aliphatic heterocycles. The molecular weight excluding hydrogens is 267 g/mol. The lowest BCUT2D eigenvalue weighted by atomic mass is 9.99. The summed E-state index contributed by atoms with van der Waals surface area (Å²) in [6.45, 7) is 2.90. The van der Waals surface area contributed by atoms with E-state index in [1.54, 1.807) is 0 Å². The molecule has 6 heteroatoms. The van der Waals surface area contributed by atoms with Gasteiger partial charge in [0.25, 0.3) is 0 Å². The Morgan fingerprint density at radius 2 is 1.70 bits per heavy atom. The van der Waals surface area contributed by atoms with Crippen LogP contribution in [0.3, 0.4) is 0 Å². The van der Waals surface area contributed by atoms with Gasteiger partial charge in [-0.05, 0) is 38.8 Å². The number of rotatable bonds is 5. The number of piperazine rings is 1. The van der Waals surface area contributed by atoms with Crippen LogP contribution in [0.15, 0.2) is 0 Å². The van der Waals surface area contributed by atoms with Crippen molar-refractivity contribution in [3.05, 3.63) is 0 Å². The van der Waals surface area contributed by atoms with Gasteiger partial charge in [-0.3, -0.25) is 4.90 Å². The van der Waals surface area contributed by atoms with Crippen LogP contribution in [0.25, 0.3) is 0 Å². The molecule has 3 nitrogen and oxygen atoms in total. The van der Waals surface area contributed by atoms with Crippen LogP contribution in [0.2, 0.25) is 0 Å². The first-order valence-corrected chi connectivity index (χ1v) is 7.66. The summed E-state index contributed by atoms with van der Waals surface area (Å²) in [5, 5.41) is 3.38. The number of hydrogen-bond donors (Lipinski definition) is 1. The summed E-state index contributed by atoms with van der Waals surface area (Å²) in [4.78, 5) is 3.83. The van der Waals surface area contributed by atoms with Gasteiger partial charge >= 0.3 is 6.18 Å². The SMILES string of the molecule is CNC1CCCC1CCN1CCN(CC(F)(F)F)CC1. The van der Waals surface area contributed by atoms with Crippen molar-refractivity contribution in [1.82, 2.24) is 15.1 Å². The minimum atomic E-state index is -4.06. The van der Waals surface area contributed by atoms with Crippen molar-refractivity contribution in [2.45, 2.75) is 37.9 Å². The molecule has 0 aromatic heterocycles. The van der Waals surface area contributed by atoms with E-state index in [4.69, 9.17) is 0 Å². The monoisotopic (exact) mass is 293 g/mol. The van der Waals surface area contributed by atoms with E-state index in [2.05, 4.69) is 10.2 Å². The lowest BCUT2D eigenvalue weighted by Crippen LogP contribution is -2.49. The smallest absolute Gasteiger partial charge is 0.317 e. The van der Waals surface area contributed by atoms with Gasteiger partial charge in [0, 0.05) is 32.2 Å². The molecule has 1 N–H and O–H groups in total. The summed E-state index contributed by atoms with van der Waals surface area (Å²) in [5.41, 5.74) is 0. The molecule has 0 radical (unpaired) electrons. The predicted octanol–water partition coefficient (Wildman–Crippen LogP) is 1.94. The molecule has 2 rings (SSSR count). The molecule has 1 heterocycles. The summed E-state index contributed by atoms with van der Waals surface area (Å²) in [6, 6.07) is 0.640. The normalized spacial score (nSPS) is 30.0. The van der Waals surface area contributed by atoms with Crippen LogP contribution < -0.4 is 5.32 Å². The van der Waals surface area contributed by atoms with Crippen molar-refractivity contribution in [1.29, 1.82) is 0 Å². The first kappa shape index (κ1) is 16.0. The summed E-state index contributed by atoms with van der Waals surface area (Å²) >= 11 is 0. The maximum absolute atomic E-state index is 12.3. The van der Waals surface area contributed by atoms with Crippen LogP contribution in [0.4, 0.5) is 13.2 Å². The van der Waals surface area contributed by atoms with Gasteiger partial charge in [-0.1, -0.05) is 6.42 Å². The molecule has 0 aromatic rings. The third kappa shape index (κ3) is 4.90. The number of nitrogens with one attached hydrogen (secondary N) is 1. The average Bonchev–Trinajstić information content (AvgIpc) is 2.83.